The molecule has 2 rings (SSSR count). The van der Waals surface area contributed by atoms with Gasteiger partial charge in [-0.05, 0) is 36.8 Å². The monoisotopic (exact) mass is 254 g/mol. The molecule has 1 saturated carbocycles. The molecule has 0 spiro atoms. The molecule has 1 aliphatic rings. The molecule has 0 amide bonds. The first-order chi connectivity index (χ1) is 8.29. The fourth-order valence-electron chi connectivity index (χ4n) is 2.24. The minimum absolute atomic E-state index is 0.337. The van der Waals surface area contributed by atoms with Crippen LogP contribution in [0.15, 0.2) is 24.3 Å². The smallest absolute Gasteiger partial charge is 0.161 e. The van der Waals surface area contributed by atoms with Crippen LogP contribution in [0.3, 0.4) is 0 Å². The van der Waals surface area contributed by atoms with E-state index in [2.05, 4.69) is 0 Å². The van der Waals surface area contributed by atoms with Crippen LogP contribution in [0.5, 0.6) is 11.5 Å². The summed E-state index contributed by atoms with van der Waals surface area (Å²) in [6, 6.07) is 7.75. The van der Waals surface area contributed by atoms with Crippen molar-refractivity contribution in [2.24, 2.45) is 5.41 Å². The van der Waals surface area contributed by atoms with Gasteiger partial charge in [0.25, 0.3) is 0 Å². The van der Waals surface area contributed by atoms with Crippen LogP contribution >= 0.6 is 11.6 Å². The number of hydrogen-bond acceptors (Lipinski definition) is 2. The molecule has 0 bridgehead atoms. The Morgan fingerprint density at radius 3 is 2.47 bits per heavy atom. The average Bonchev–Trinajstić information content (AvgIpc) is 2.33. The van der Waals surface area contributed by atoms with Gasteiger partial charge in [-0.1, -0.05) is 18.6 Å². The van der Waals surface area contributed by atoms with Gasteiger partial charge in [0.15, 0.2) is 11.5 Å². The number of halogens is 1. The van der Waals surface area contributed by atoms with Gasteiger partial charge in [-0.2, -0.15) is 0 Å². The molecule has 2 nitrogen and oxygen atoms in total. The Kier molecular flexibility index (Phi) is 4.16. The van der Waals surface area contributed by atoms with Crippen molar-refractivity contribution in [3.05, 3.63) is 24.3 Å². The lowest BCUT2D eigenvalue weighted by atomic mass is 9.68. The first kappa shape index (κ1) is 12.6. The molecule has 0 radical (unpaired) electrons. The summed E-state index contributed by atoms with van der Waals surface area (Å²) in [5.74, 6) is 2.36. The van der Waals surface area contributed by atoms with Crippen LogP contribution in [0.4, 0.5) is 0 Å². The van der Waals surface area contributed by atoms with E-state index in [0.717, 1.165) is 23.8 Å². The third kappa shape index (κ3) is 2.86. The van der Waals surface area contributed by atoms with E-state index < -0.39 is 0 Å². The third-order valence-electron chi connectivity index (χ3n) is 3.66. The quantitative estimate of drug-likeness (QED) is 0.718. The van der Waals surface area contributed by atoms with Gasteiger partial charge in [0.05, 0.1) is 13.7 Å². The fourth-order valence-corrected chi connectivity index (χ4v) is 2.64. The Labute approximate surface area is 108 Å². The summed E-state index contributed by atoms with van der Waals surface area (Å²) in [7, 11) is 1.66. The highest BCUT2D eigenvalue weighted by molar-refractivity contribution is 6.18. The van der Waals surface area contributed by atoms with Gasteiger partial charge >= 0.3 is 0 Å². The van der Waals surface area contributed by atoms with Crippen LogP contribution in [0, 0.1) is 5.41 Å². The van der Waals surface area contributed by atoms with E-state index in [1.165, 1.54) is 19.3 Å². The molecular formula is C14H19ClO2. The first-order valence-electron chi connectivity index (χ1n) is 6.11. The molecule has 0 unspecified atom stereocenters. The highest BCUT2D eigenvalue weighted by Crippen LogP contribution is 2.44. The highest BCUT2D eigenvalue weighted by atomic mass is 35.5. The molecule has 0 atom stereocenters. The lowest BCUT2D eigenvalue weighted by Crippen LogP contribution is -2.32. The minimum Gasteiger partial charge on any atom is -0.493 e. The molecule has 1 fully saturated rings. The maximum Gasteiger partial charge on any atom is 0.161 e. The Balaban J connectivity index is 1.85. The number of methoxy groups -OCH3 is 1. The molecule has 94 valence electrons. The van der Waals surface area contributed by atoms with Crippen molar-refractivity contribution in [1.82, 2.24) is 0 Å². The van der Waals surface area contributed by atoms with Crippen LogP contribution in [0.1, 0.15) is 25.7 Å². The van der Waals surface area contributed by atoms with E-state index >= 15 is 0 Å². The Morgan fingerprint density at radius 1 is 1.24 bits per heavy atom. The van der Waals surface area contributed by atoms with E-state index in [0.29, 0.717) is 12.0 Å². The second-order valence-electron chi connectivity index (χ2n) is 4.74. The lowest BCUT2D eigenvalue weighted by Gasteiger charge is -2.40. The van der Waals surface area contributed by atoms with Gasteiger partial charge in [0.2, 0.25) is 0 Å². The number of alkyl halides is 1. The normalized spacial score (nSPS) is 17.3. The minimum atomic E-state index is 0.337. The van der Waals surface area contributed by atoms with Crippen LogP contribution in [-0.2, 0) is 0 Å². The van der Waals surface area contributed by atoms with Crippen LogP contribution in [0.25, 0.3) is 0 Å². The summed E-state index contributed by atoms with van der Waals surface area (Å²) in [5, 5.41) is 0. The van der Waals surface area contributed by atoms with Gasteiger partial charge in [-0.25, -0.2) is 0 Å². The maximum absolute atomic E-state index is 6.02. The lowest BCUT2D eigenvalue weighted by molar-refractivity contribution is 0.118. The molecule has 17 heavy (non-hydrogen) atoms. The Morgan fingerprint density at radius 2 is 1.94 bits per heavy atom. The third-order valence-corrected chi connectivity index (χ3v) is 4.22. The Hall–Kier alpha value is -0.890. The van der Waals surface area contributed by atoms with E-state index in [-0.39, 0.29) is 0 Å². The zero-order valence-electron chi connectivity index (χ0n) is 10.2. The van der Waals surface area contributed by atoms with Gasteiger partial charge in [-0.3, -0.25) is 0 Å². The zero-order valence-corrected chi connectivity index (χ0v) is 11.0. The molecule has 1 aromatic rings. The highest BCUT2D eigenvalue weighted by Gasteiger charge is 2.35. The summed E-state index contributed by atoms with van der Waals surface area (Å²) < 4.78 is 11.0. The zero-order chi connectivity index (χ0) is 12.1. The summed E-state index contributed by atoms with van der Waals surface area (Å²) >= 11 is 6.02. The molecule has 0 N–H and O–H groups in total. The van der Waals surface area contributed by atoms with Crippen LogP contribution in [-0.4, -0.2) is 19.6 Å². The van der Waals surface area contributed by atoms with Gasteiger partial charge in [0.1, 0.15) is 0 Å². The number of para-hydroxylation sites is 2. The SMILES string of the molecule is COc1ccccc1OCCC1(CCl)CCC1. The average molecular weight is 255 g/mol. The van der Waals surface area contributed by atoms with E-state index in [1.807, 2.05) is 24.3 Å². The van der Waals surface area contributed by atoms with Crippen molar-refractivity contribution in [3.63, 3.8) is 0 Å². The maximum atomic E-state index is 6.02. The largest absolute Gasteiger partial charge is 0.493 e. The van der Waals surface area contributed by atoms with Gasteiger partial charge in [0, 0.05) is 5.88 Å². The topological polar surface area (TPSA) is 18.5 Å². The number of hydrogen-bond donors (Lipinski definition) is 0. The van der Waals surface area contributed by atoms with Crippen molar-refractivity contribution in [2.45, 2.75) is 25.7 Å². The predicted molar refractivity (Wildman–Crippen MR) is 70.1 cm³/mol. The number of benzene rings is 1. The standard InChI is InChI=1S/C14H19ClO2/c1-16-12-5-2-3-6-13(12)17-10-9-14(11-15)7-4-8-14/h2-3,5-6H,4,7-11H2,1H3. The van der Waals surface area contributed by atoms with Gasteiger partial charge in [-0.15, -0.1) is 11.6 Å². The number of rotatable bonds is 6. The molecule has 0 heterocycles. The van der Waals surface area contributed by atoms with E-state index in [1.54, 1.807) is 7.11 Å². The molecule has 1 aromatic carbocycles. The molecule has 0 aliphatic heterocycles. The number of ether oxygens (including phenoxy) is 2. The van der Waals surface area contributed by atoms with Crippen molar-refractivity contribution < 1.29 is 9.47 Å². The van der Waals surface area contributed by atoms with Crippen LogP contribution in [0.2, 0.25) is 0 Å². The molecule has 1 aliphatic carbocycles. The predicted octanol–water partition coefficient (Wildman–Crippen LogP) is 3.87. The second-order valence-corrected chi connectivity index (χ2v) is 5.00. The van der Waals surface area contributed by atoms with Crippen molar-refractivity contribution in [2.75, 3.05) is 19.6 Å². The second kappa shape index (κ2) is 5.63. The molecule has 0 aromatic heterocycles. The summed E-state index contributed by atoms with van der Waals surface area (Å²) in [5.41, 5.74) is 0.337. The summed E-state index contributed by atoms with van der Waals surface area (Å²) in [6.45, 7) is 0.715. The molecular weight excluding hydrogens is 236 g/mol. The van der Waals surface area contributed by atoms with Crippen LogP contribution < -0.4 is 9.47 Å². The Bertz CT molecular complexity index is 355. The molecule has 0 saturated heterocycles. The first-order valence-corrected chi connectivity index (χ1v) is 6.65. The van der Waals surface area contributed by atoms with Crippen molar-refractivity contribution >= 4 is 11.6 Å². The molecule has 3 heteroatoms. The van der Waals surface area contributed by atoms with Crippen molar-refractivity contribution in [3.8, 4) is 11.5 Å². The summed E-state index contributed by atoms with van der Waals surface area (Å²) in [6.07, 6.45) is 4.83. The fraction of sp³-hybridized carbons (Fsp3) is 0.571. The van der Waals surface area contributed by atoms with Crippen molar-refractivity contribution in [1.29, 1.82) is 0 Å². The van der Waals surface area contributed by atoms with Gasteiger partial charge < -0.3 is 9.47 Å². The summed E-state index contributed by atoms with van der Waals surface area (Å²) in [4.78, 5) is 0. The van der Waals surface area contributed by atoms with E-state index in [9.17, 15) is 0 Å². The van der Waals surface area contributed by atoms with E-state index in [4.69, 9.17) is 21.1 Å².